The van der Waals surface area contributed by atoms with E-state index in [1.54, 1.807) is 4.90 Å². The third-order valence-electron chi connectivity index (χ3n) is 2.67. The van der Waals surface area contributed by atoms with E-state index in [1.165, 1.54) is 0 Å². The van der Waals surface area contributed by atoms with E-state index in [4.69, 9.17) is 5.11 Å². The molecular formula is C9H16N2O4. The summed E-state index contributed by atoms with van der Waals surface area (Å²) in [5, 5.41) is 19.1. The van der Waals surface area contributed by atoms with E-state index in [1.807, 2.05) is 0 Å². The van der Waals surface area contributed by atoms with Crippen LogP contribution in [0.3, 0.4) is 0 Å². The van der Waals surface area contributed by atoms with Gasteiger partial charge in [0.1, 0.15) is 0 Å². The van der Waals surface area contributed by atoms with E-state index in [-0.39, 0.29) is 12.6 Å². The highest BCUT2D eigenvalue weighted by atomic mass is 16.6. The first-order valence-electron chi connectivity index (χ1n) is 5.17. The number of carbonyl (C=O) groups excluding carboxylic acids is 1. The molecule has 1 fully saturated rings. The molecule has 0 aliphatic carbocycles. The predicted octanol–water partition coefficient (Wildman–Crippen LogP) is 0.0266. The van der Waals surface area contributed by atoms with Crippen LogP contribution in [-0.2, 0) is 4.79 Å². The van der Waals surface area contributed by atoms with Crippen molar-refractivity contribution in [2.75, 3.05) is 19.7 Å². The second-order valence-corrected chi connectivity index (χ2v) is 3.74. The molecule has 0 aromatic heterocycles. The summed E-state index contributed by atoms with van der Waals surface area (Å²) >= 11 is 0. The summed E-state index contributed by atoms with van der Waals surface area (Å²) in [6.07, 6.45) is 3.27. The lowest BCUT2D eigenvalue weighted by Gasteiger charge is -2.34. The average Bonchev–Trinajstić information content (AvgIpc) is 2.18. The predicted molar refractivity (Wildman–Crippen MR) is 52.9 cm³/mol. The summed E-state index contributed by atoms with van der Waals surface area (Å²) in [6.45, 7) is -0.0355. The zero-order chi connectivity index (χ0) is 11.3. The molecule has 1 aliphatic heterocycles. The molecule has 15 heavy (non-hydrogen) atoms. The molecule has 6 heteroatoms. The monoisotopic (exact) mass is 216 g/mol. The molecule has 1 saturated heterocycles. The number of amides is 1. The molecule has 0 bridgehead atoms. The zero-order valence-electron chi connectivity index (χ0n) is 8.59. The fourth-order valence-corrected chi connectivity index (χ4v) is 1.98. The summed E-state index contributed by atoms with van der Waals surface area (Å²) in [7, 11) is 0. The molecule has 0 aromatic carbocycles. The molecule has 1 amide bonds. The van der Waals surface area contributed by atoms with Gasteiger partial charge in [-0.25, -0.2) is 0 Å². The highest BCUT2D eigenvalue weighted by Gasteiger charge is 2.28. The molecular weight excluding hydrogens is 200 g/mol. The third-order valence-corrected chi connectivity index (χ3v) is 2.67. The fourth-order valence-electron chi connectivity index (χ4n) is 1.98. The van der Waals surface area contributed by atoms with Crippen molar-refractivity contribution in [2.45, 2.75) is 31.7 Å². The largest absolute Gasteiger partial charge is 0.396 e. The lowest BCUT2D eigenvalue weighted by atomic mass is 9.99. The van der Waals surface area contributed by atoms with E-state index >= 15 is 0 Å². The number of nitrogens with zero attached hydrogens (tertiary/aromatic N) is 2. The maximum Gasteiger partial charge on any atom is 0.294 e. The van der Waals surface area contributed by atoms with Crippen molar-refractivity contribution >= 4 is 5.91 Å². The van der Waals surface area contributed by atoms with Gasteiger partial charge in [-0.1, -0.05) is 0 Å². The minimum atomic E-state index is -0.637. The van der Waals surface area contributed by atoms with E-state index < -0.39 is 17.4 Å². The van der Waals surface area contributed by atoms with E-state index in [9.17, 15) is 14.9 Å². The van der Waals surface area contributed by atoms with Gasteiger partial charge in [0.2, 0.25) is 0 Å². The van der Waals surface area contributed by atoms with Crippen molar-refractivity contribution in [1.29, 1.82) is 0 Å². The van der Waals surface area contributed by atoms with Gasteiger partial charge >= 0.3 is 0 Å². The van der Waals surface area contributed by atoms with Crippen LogP contribution in [0.25, 0.3) is 0 Å². The van der Waals surface area contributed by atoms with Crippen LogP contribution in [-0.4, -0.2) is 46.6 Å². The number of piperidine rings is 1. The fraction of sp³-hybridized carbons (Fsp3) is 0.889. The summed E-state index contributed by atoms with van der Waals surface area (Å²) in [4.78, 5) is 22.7. The molecule has 86 valence electrons. The maximum atomic E-state index is 11.5. The van der Waals surface area contributed by atoms with Crippen molar-refractivity contribution in [1.82, 2.24) is 4.90 Å². The number of aliphatic hydroxyl groups is 1. The summed E-state index contributed by atoms with van der Waals surface area (Å²) < 4.78 is 0. The number of aliphatic hydroxyl groups excluding tert-OH is 1. The Bertz CT molecular complexity index is 242. The number of nitro groups is 1. The van der Waals surface area contributed by atoms with Gasteiger partial charge in [0.05, 0.1) is 0 Å². The van der Waals surface area contributed by atoms with Gasteiger partial charge in [0.25, 0.3) is 12.5 Å². The van der Waals surface area contributed by atoms with E-state index in [0.29, 0.717) is 13.0 Å². The van der Waals surface area contributed by atoms with Crippen molar-refractivity contribution in [3.8, 4) is 0 Å². The molecule has 1 heterocycles. The Hall–Kier alpha value is -1.17. The minimum absolute atomic E-state index is 0.0174. The van der Waals surface area contributed by atoms with Gasteiger partial charge in [0.15, 0.2) is 0 Å². The Morgan fingerprint density at radius 2 is 2.27 bits per heavy atom. The number of likely N-dealkylation sites (tertiary alicyclic amines) is 1. The van der Waals surface area contributed by atoms with Crippen molar-refractivity contribution < 1.29 is 14.8 Å². The lowest BCUT2D eigenvalue weighted by Crippen LogP contribution is -2.46. The highest BCUT2D eigenvalue weighted by molar-refractivity contribution is 5.77. The first-order chi connectivity index (χ1) is 7.15. The molecule has 1 unspecified atom stereocenters. The number of hydrogen-bond donors (Lipinski definition) is 1. The van der Waals surface area contributed by atoms with Gasteiger partial charge in [-0.3, -0.25) is 14.9 Å². The molecule has 6 nitrogen and oxygen atoms in total. The van der Waals surface area contributed by atoms with Crippen molar-refractivity contribution in [2.24, 2.45) is 0 Å². The van der Waals surface area contributed by atoms with Gasteiger partial charge in [0, 0.05) is 24.1 Å². The lowest BCUT2D eigenvalue weighted by molar-refractivity contribution is -0.469. The van der Waals surface area contributed by atoms with Crippen LogP contribution in [0.4, 0.5) is 0 Å². The quantitative estimate of drug-likeness (QED) is 0.530. The Morgan fingerprint density at radius 1 is 1.53 bits per heavy atom. The minimum Gasteiger partial charge on any atom is -0.396 e. The molecule has 1 N–H and O–H groups in total. The van der Waals surface area contributed by atoms with Crippen LogP contribution < -0.4 is 0 Å². The molecule has 1 aliphatic rings. The molecule has 0 saturated carbocycles. The Morgan fingerprint density at radius 3 is 2.87 bits per heavy atom. The van der Waals surface area contributed by atoms with Gasteiger partial charge in [-0.15, -0.1) is 0 Å². The Labute approximate surface area is 88.0 Å². The molecule has 1 atom stereocenters. The first kappa shape index (κ1) is 11.9. The molecule has 0 radical (unpaired) electrons. The van der Waals surface area contributed by atoms with E-state index in [2.05, 4.69) is 0 Å². The summed E-state index contributed by atoms with van der Waals surface area (Å²) in [5.74, 6) is -0.432. The highest BCUT2D eigenvalue weighted by Crippen LogP contribution is 2.19. The standard InChI is InChI=1S/C9H16N2O4/c12-6-4-8-3-1-2-5-10(8)9(13)7-11(14)15/h8,12H,1-7H2. The normalized spacial score (nSPS) is 21.4. The van der Waals surface area contributed by atoms with Crippen LogP contribution in [0.1, 0.15) is 25.7 Å². The Balaban J connectivity index is 2.54. The van der Waals surface area contributed by atoms with Gasteiger partial charge < -0.3 is 10.0 Å². The summed E-state index contributed by atoms with van der Waals surface area (Å²) in [5.41, 5.74) is 0. The smallest absolute Gasteiger partial charge is 0.294 e. The van der Waals surface area contributed by atoms with Crippen LogP contribution in [0, 0.1) is 10.1 Å². The second kappa shape index (κ2) is 5.65. The Kier molecular flexibility index (Phi) is 4.48. The van der Waals surface area contributed by atoms with Crippen LogP contribution in [0.2, 0.25) is 0 Å². The van der Waals surface area contributed by atoms with Gasteiger partial charge in [-0.05, 0) is 25.7 Å². The number of carbonyl (C=O) groups is 1. The molecule has 1 rings (SSSR count). The van der Waals surface area contributed by atoms with Gasteiger partial charge in [-0.2, -0.15) is 0 Å². The SMILES string of the molecule is O=C(C[N+](=O)[O-])N1CCCCC1CCO. The average molecular weight is 216 g/mol. The van der Waals surface area contributed by atoms with Crippen molar-refractivity contribution in [3.05, 3.63) is 10.1 Å². The van der Waals surface area contributed by atoms with Crippen LogP contribution in [0.15, 0.2) is 0 Å². The van der Waals surface area contributed by atoms with Crippen molar-refractivity contribution in [3.63, 3.8) is 0 Å². The van der Waals surface area contributed by atoms with E-state index in [0.717, 1.165) is 19.3 Å². The maximum absolute atomic E-state index is 11.5. The topological polar surface area (TPSA) is 83.7 Å². The second-order valence-electron chi connectivity index (χ2n) is 3.74. The number of rotatable bonds is 4. The summed E-state index contributed by atoms with van der Waals surface area (Å²) in [6, 6.07) is -0.0174. The molecule has 0 aromatic rings. The van der Waals surface area contributed by atoms with Crippen LogP contribution >= 0.6 is 0 Å². The third kappa shape index (κ3) is 3.47. The first-order valence-corrected chi connectivity index (χ1v) is 5.17. The zero-order valence-corrected chi connectivity index (χ0v) is 8.59. The molecule has 0 spiro atoms. The van der Waals surface area contributed by atoms with Crippen LogP contribution in [0.5, 0.6) is 0 Å². The number of hydrogen-bond acceptors (Lipinski definition) is 4.